The molecule has 0 spiro atoms. The number of aliphatic hydroxyl groups is 1. The molecule has 0 heterocycles. The average Bonchev–Trinajstić information content (AvgIpc) is 2.02. The zero-order valence-corrected chi connectivity index (χ0v) is 8.00. The van der Waals surface area contributed by atoms with Gasteiger partial charge < -0.3 is 5.11 Å². The molecule has 0 saturated carbocycles. The SMILES string of the molecule is CCC(O)C1C/C=C\CCCC1. The van der Waals surface area contributed by atoms with E-state index in [1.807, 2.05) is 0 Å². The molecule has 1 aliphatic carbocycles. The summed E-state index contributed by atoms with van der Waals surface area (Å²) in [6.07, 6.45) is 11.4. The lowest BCUT2D eigenvalue weighted by atomic mass is 9.89. The minimum absolute atomic E-state index is 0.0762. The first kappa shape index (κ1) is 9.79. The van der Waals surface area contributed by atoms with Gasteiger partial charge in [-0.3, -0.25) is 0 Å². The predicted molar refractivity (Wildman–Crippen MR) is 52.0 cm³/mol. The lowest BCUT2D eigenvalue weighted by Gasteiger charge is -2.21. The van der Waals surface area contributed by atoms with Gasteiger partial charge in [0.2, 0.25) is 0 Å². The van der Waals surface area contributed by atoms with Gasteiger partial charge in [-0.1, -0.05) is 25.5 Å². The monoisotopic (exact) mass is 168 g/mol. The molecule has 2 atom stereocenters. The molecule has 1 N–H and O–H groups in total. The fraction of sp³-hybridized carbons (Fsp3) is 0.818. The number of hydrogen-bond acceptors (Lipinski definition) is 1. The summed E-state index contributed by atoms with van der Waals surface area (Å²) in [5.74, 6) is 0.520. The Hall–Kier alpha value is -0.300. The largest absolute Gasteiger partial charge is 0.393 e. The van der Waals surface area contributed by atoms with Crippen molar-refractivity contribution in [1.29, 1.82) is 0 Å². The smallest absolute Gasteiger partial charge is 0.0568 e. The van der Waals surface area contributed by atoms with Crippen LogP contribution in [0.4, 0.5) is 0 Å². The van der Waals surface area contributed by atoms with Crippen LogP contribution in [0.5, 0.6) is 0 Å². The number of aliphatic hydroxyl groups excluding tert-OH is 1. The number of rotatable bonds is 2. The maximum atomic E-state index is 9.67. The third-order valence-electron chi connectivity index (χ3n) is 2.76. The highest BCUT2D eigenvalue weighted by atomic mass is 16.3. The van der Waals surface area contributed by atoms with E-state index in [4.69, 9.17) is 0 Å². The number of allylic oxidation sites excluding steroid dienone is 2. The minimum atomic E-state index is -0.0762. The van der Waals surface area contributed by atoms with Gasteiger partial charge in [0.25, 0.3) is 0 Å². The van der Waals surface area contributed by atoms with Crippen LogP contribution in [-0.2, 0) is 0 Å². The molecule has 0 amide bonds. The maximum Gasteiger partial charge on any atom is 0.0568 e. The van der Waals surface area contributed by atoms with Gasteiger partial charge in [0.1, 0.15) is 0 Å². The molecule has 0 bridgehead atoms. The Bertz CT molecular complexity index is 140. The first-order chi connectivity index (χ1) is 5.84. The standard InChI is InChI=1S/C11H20O/c1-2-11(12)10-8-6-4-3-5-7-9-10/h4,6,10-12H,2-3,5,7-9H2,1H3/b6-4-. The molecule has 1 aliphatic rings. The number of hydrogen-bond donors (Lipinski definition) is 1. The molecule has 0 radical (unpaired) electrons. The van der Waals surface area contributed by atoms with E-state index in [0.717, 1.165) is 12.8 Å². The van der Waals surface area contributed by atoms with Crippen LogP contribution in [0.2, 0.25) is 0 Å². The van der Waals surface area contributed by atoms with Gasteiger partial charge in [-0.15, -0.1) is 0 Å². The van der Waals surface area contributed by atoms with E-state index in [1.165, 1.54) is 25.7 Å². The van der Waals surface area contributed by atoms with Crippen molar-refractivity contribution in [2.24, 2.45) is 5.92 Å². The Labute approximate surface area is 75.5 Å². The lowest BCUT2D eigenvalue weighted by Crippen LogP contribution is -2.19. The van der Waals surface area contributed by atoms with Crippen molar-refractivity contribution in [2.45, 2.75) is 51.6 Å². The van der Waals surface area contributed by atoms with Crippen LogP contribution in [0.25, 0.3) is 0 Å². The summed E-state index contributed by atoms with van der Waals surface area (Å²) < 4.78 is 0. The van der Waals surface area contributed by atoms with Crippen molar-refractivity contribution in [1.82, 2.24) is 0 Å². The van der Waals surface area contributed by atoms with E-state index < -0.39 is 0 Å². The Balaban J connectivity index is 2.39. The molecule has 2 unspecified atom stereocenters. The molecule has 1 heteroatoms. The molecule has 0 aromatic carbocycles. The molecular formula is C11H20O. The van der Waals surface area contributed by atoms with Crippen molar-refractivity contribution < 1.29 is 5.11 Å². The molecule has 1 nitrogen and oxygen atoms in total. The third kappa shape index (κ3) is 2.98. The first-order valence-electron chi connectivity index (χ1n) is 5.17. The van der Waals surface area contributed by atoms with Crippen LogP contribution < -0.4 is 0 Å². The van der Waals surface area contributed by atoms with Crippen molar-refractivity contribution in [3.8, 4) is 0 Å². The Morgan fingerprint density at radius 2 is 2.25 bits per heavy atom. The second kappa shape index (κ2) is 5.36. The van der Waals surface area contributed by atoms with E-state index >= 15 is 0 Å². The normalized spacial score (nSPS) is 30.3. The molecule has 0 aliphatic heterocycles. The van der Waals surface area contributed by atoms with E-state index in [1.54, 1.807) is 0 Å². The van der Waals surface area contributed by atoms with Crippen molar-refractivity contribution in [3.63, 3.8) is 0 Å². The van der Waals surface area contributed by atoms with Gasteiger partial charge in [-0.2, -0.15) is 0 Å². The van der Waals surface area contributed by atoms with Gasteiger partial charge in [0.15, 0.2) is 0 Å². The molecule has 0 aromatic heterocycles. The predicted octanol–water partition coefficient (Wildman–Crippen LogP) is 2.89. The van der Waals surface area contributed by atoms with E-state index in [0.29, 0.717) is 5.92 Å². The van der Waals surface area contributed by atoms with Gasteiger partial charge in [-0.25, -0.2) is 0 Å². The molecule has 0 aromatic rings. The zero-order valence-electron chi connectivity index (χ0n) is 8.00. The van der Waals surface area contributed by atoms with Crippen molar-refractivity contribution in [2.75, 3.05) is 0 Å². The minimum Gasteiger partial charge on any atom is -0.393 e. The second-order valence-electron chi connectivity index (χ2n) is 3.73. The van der Waals surface area contributed by atoms with Crippen LogP contribution in [0.1, 0.15) is 45.4 Å². The van der Waals surface area contributed by atoms with Crippen molar-refractivity contribution in [3.05, 3.63) is 12.2 Å². The fourth-order valence-electron chi connectivity index (χ4n) is 1.86. The molecular weight excluding hydrogens is 148 g/mol. The van der Waals surface area contributed by atoms with Crippen LogP contribution in [0.3, 0.4) is 0 Å². The van der Waals surface area contributed by atoms with E-state index in [9.17, 15) is 5.11 Å². The van der Waals surface area contributed by atoms with Gasteiger partial charge in [-0.05, 0) is 38.0 Å². The molecule has 0 saturated heterocycles. The quantitative estimate of drug-likeness (QED) is 0.629. The highest BCUT2D eigenvalue weighted by Crippen LogP contribution is 2.22. The fourth-order valence-corrected chi connectivity index (χ4v) is 1.86. The van der Waals surface area contributed by atoms with Crippen LogP contribution >= 0.6 is 0 Å². The first-order valence-corrected chi connectivity index (χ1v) is 5.17. The Morgan fingerprint density at radius 3 is 3.00 bits per heavy atom. The molecule has 0 fully saturated rings. The van der Waals surface area contributed by atoms with Gasteiger partial charge in [0.05, 0.1) is 6.10 Å². The van der Waals surface area contributed by atoms with Crippen LogP contribution in [-0.4, -0.2) is 11.2 Å². The second-order valence-corrected chi connectivity index (χ2v) is 3.73. The summed E-state index contributed by atoms with van der Waals surface area (Å²) >= 11 is 0. The molecule has 12 heavy (non-hydrogen) atoms. The molecule has 70 valence electrons. The zero-order chi connectivity index (χ0) is 8.81. The highest BCUT2D eigenvalue weighted by Gasteiger charge is 2.16. The maximum absolute atomic E-state index is 9.67. The Kier molecular flexibility index (Phi) is 4.37. The lowest BCUT2D eigenvalue weighted by molar-refractivity contribution is 0.0977. The van der Waals surface area contributed by atoms with Crippen LogP contribution in [0, 0.1) is 5.92 Å². The van der Waals surface area contributed by atoms with Gasteiger partial charge in [0, 0.05) is 0 Å². The van der Waals surface area contributed by atoms with E-state index in [2.05, 4.69) is 19.1 Å². The summed E-state index contributed by atoms with van der Waals surface area (Å²) in [5, 5.41) is 9.67. The summed E-state index contributed by atoms with van der Waals surface area (Å²) in [6.45, 7) is 2.06. The Morgan fingerprint density at radius 1 is 1.42 bits per heavy atom. The highest BCUT2D eigenvalue weighted by molar-refractivity contribution is 4.87. The summed E-state index contributed by atoms with van der Waals surface area (Å²) in [7, 11) is 0. The van der Waals surface area contributed by atoms with Crippen LogP contribution in [0.15, 0.2) is 12.2 Å². The third-order valence-corrected chi connectivity index (χ3v) is 2.76. The summed E-state index contributed by atoms with van der Waals surface area (Å²) in [4.78, 5) is 0. The van der Waals surface area contributed by atoms with Crippen molar-refractivity contribution >= 4 is 0 Å². The molecule has 1 rings (SSSR count). The topological polar surface area (TPSA) is 20.2 Å². The van der Waals surface area contributed by atoms with E-state index in [-0.39, 0.29) is 6.10 Å². The summed E-state index contributed by atoms with van der Waals surface area (Å²) in [5.41, 5.74) is 0. The van der Waals surface area contributed by atoms with Gasteiger partial charge >= 0.3 is 0 Å². The average molecular weight is 168 g/mol. The summed E-state index contributed by atoms with van der Waals surface area (Å²) in [6, 6.07) is 0.